The summed E-state index contributed by atoms with van der Waals surface area (Å²) >= 11 is 0. The van der Waals surface area contributed by atoms with Crippen LogP contribution in [-0.4, -0.2) is 17.6 Å². The standard InChI is InChI=1S/C11H15NO2/c1-3-14-11(13)9-6-7(2)12-10(9)8-4-5-8/h6,8,12H,3-5H2,1-2H3. The molecule has 0 unspecified atom stereocenters. The second-order valence-electron chi connectivity index (χ2n) is 3.77. The maximum absolute atomic E-state index is 11.6. The lowest BCUT2D eigenvalue weighted by atomic mass is 10.2. The summed E-state index contributed by atoms with van der Waals surface area (Å²) in [5.74, 6) is 0.363. The Kier molecular flexibility index (Phi) is 2.32. The molecule has 1 saturated carbocycles. The van der Waals surface area contributed by atoms with Gasteiger partial charge in [0.15, 0.2) is 0 Å². The summed E-state index contributed by atoms with van der Waals surface area (Å²) < 4.78 is 5.00. The van der Waals surface area contributed by atoms with Crippen molar-refractivity contribution in [1.82, 2.24) is 4.98 Å². The molecular weight excluding hydrogens is 178 g/mol. The van der Waals surface area contributed by atoms with Gasteiger partial charge >= 0.3 is 5.97 Å². The van der Waals surface area contributed by atoms with Crippen molar-refractivity contribution in [1.29, 1.82) is 0 Å². The van der Waals surface area contributed by atoms with Gasteiger partial charge in [-0.05, 0) is 38.7 Å². The highest BCUT2D eigenvalue weighted by Crippen LogP contribution is 2.41. The first-order valence-corrected chi connectivity index (χ1v) is 5.09. The quantitative estimate of drug-likeness (QED) is 0.749. The zero-order valence-corrected chi connectivity index (χ0v) is 8.59. The predicted octanol–water partition coefficient (Wildman–Crippen LogP) is 2.38. The average molecular weight is 193 g/mol. The third kappa shape index (κ3) is 1.67. The molecule has 0 bridgehead atoms. The number of aryl methyl sites for hydroxylation is 1. The van der Waals surface area contributed by atoms with Crippen LogP contribution in [0.3, 0.4) is 0 Å². The number of nitrogens with one attached hydrogen (secondary N) is 1. The molecule has 0 amide bonds. The summed E-state index contributed by atoms with van der Waals surface area (Å²) in [7, 11) is 0. The van der Waals surface area contributed by atoms with Crippen LogP contribution in [0.1, 0.15) is 47.4 Å². The van der Waals surface area contributed by atoms with E-state index < -0.39 is 0 Å². The first-order valence-electron chi connectivity index (χ1n) is 5.09. The highest BCUT2D eigenvalue weighted by atomic mass is 16.5. The molecule has 0 aromatic carbocycles. The highest BCUT2D eigenvalue weighted by molar-refractivity contribution is 5.91. The Bertz CT molecular complexity index is 350. The number of aromatic nitrogens is 1. The summed E-state index contributed by atoms with van der Waals surface area (Å²) in [5.41, 5.74) is 2.84. The predicted molar refractivity (Wildman–Crippen MR) is 53.5 cm³/mol. The smallest absolute Gasteiger partial charge is 0.339 e. The summed E-state index contributed by atoms with van der Waals surface area (Å²) in [6, 6.07) is 1.88. The number of carbonyl (C=O) groups is 1. The Labute approximate surface area is 83.5 Å². The molecule has 3 heteroatoms. The van der Waals surface area contributed by atoms with Gasteiger partial charge in [-0.15, -0.1) is 0 Å². The SMILES string of the molecule is CCOC(=O)c1cc(C)[nH]c1C1CC1. The number of rotatable bonds is 3. The lowest BCUT2D eigenvalue weighted by Gasteiger charge is -2.01. The van der Waals surface area contributed by atoms with Gasteiger partial charge in [-0.3, -0.25) is 0 Å². The van der Waals surface area contributed by atoms with Gasteiger partial charge in [-0.2, -0.15) is 0 Å². The van der Waals surface area contributed by atoms with Crippen molar-refractivity contribution in [3.8, 4) is 0 Å². The van der Waals surface area contributed by atoms with Gasteiger partial charge in [-0.1, -0.05) is 0 Å². The van der Waals surface area contributed by atoms with Crippen LogP contribution in [0.5, 0.6) is 0 Å². The number of hydrogen-bond acceptors (Lipinski definition) is 2. The summed E-state index contributed by atoms with van der Waals surface area (Å²) in [5, 5.41) is 0. The van der Waals surface area contributed by atoms with Gasteiger partial charge in [0.2, 0.25) is 0 Å². The van der Waals surface area contributed by atoms with Crippen LogP contribution in [0.2, 0.25) is 0 Å². The van der Waals surface area contributed by atoms with Gasteiger partial charge in [0.25, 0.3) is 0 Å². The van der Waals surface area contributed by atoms with Gasteiger partial charge in [0.05, 0.1) is 12.2 Å². The summed E-state index contributed by atoms with van der Waals surface area (Å²) in [6.45, 7) is 4.23. The third-order valence-electron chi connectivity index (χ3n) is 2.46. The van der Waals surface area contributed by atoms with Gasteiger partial charge < -0.3 is 9.72 Å². The van der Waals surface area contributed by atoms with Crippen molar-refractivity contribution in [2.24, 2.45) is 0 Å². The second-order valence-corrected chi connectivity index (χ2v) is 3.77. The van der Waals surface area contributed by atoms with Crippen molar-refractivity contribution >= 4 is 5.97 Å². The maximum atomic E-state index is 11.6. The largest absolute Gasteiger partial charge is 0.462 e. The van der Waals surface area contributed by atoms with Gasteiger partial charge in [0, 0.05) is 11.4 Å². The van der Waals surface area contributed by atoms with Crippen molar-refractivity contribution < 1.29 is 9.53 Å². The molecule has 2 rings (SSSR count). The number of aromatic amines is 1. The van der Waals surface area contributed by atoms with E-state index in [1.165, 1.54) is 12.8 Å². The minimum atomic E-state index is -0.196. The molecule has 0 saturated heterocycles. The van der Waals surface area contributed by atoms with Crippen LogP contribution in [-0.2, 0) is 4.74 Å². The van der Waals surface area contributed by atoms with Gasteiger partial charge in [-0.25, -0.2) is 4.79 Å². The first-order chi connectivity index (χ1) is 6.72. The van der Waals surface area contributed by atoms with Crippen LogP contribution >= 0.6 is 0 Å². The molecule has 1 fully saturated rings. The van der Waals surface area contributed by atoms with E-state index in [4.69, 9.17) is 4.74 Å². The van der Waals surface area contributed by atoms with Crippen molar-refractivity contribution in [2.75, 3.05) is 6.61 Å². The molecule has 1 aliphatic carbocycles. The normalized spacial score (nSPS) is 15.6. The molecule has 1 N–H and O–H groups in total. The molecule has 0 radical (unpaired) electrons. The minimum Gasteiger partial charge on any atom is -0.462 e. The molecule has 14 heavy (non-hydrogen) atoms. The van der Waals surface area contributed by atoms with E-state index in [2.05, 4.69) is 4.98 Å². The monoisotopic (exact) mass is 193 g/mol. The summed E-state index contributed by atoms with van der Waals surface area (Å²) in [4.78, 5) is 14.8. The van der Waals surface area contributed by atoms with E-state index >= 15 is 0 Å². The molecule has 1 aromatic rings. The molecule has 0 atom stereocenters. The van der Waals surface area contributed by atoms with Gasteiger partial charge in [0.1, 0.15) is 0 Å². The Morgan fingerprint density at radius 2 is 2.36 bits per heavy atom. The first kappa shape index (κ1) is 9.31. The molecule has 0 aliphatic heterocycles. The van der Waals surface area contributed by atoms with E-state index in [-0.39, 0.29) is 5.97 Å². The molecular formula is C11H15NO2. The number of ether oxygens (including phenoxy) is 1. The third-order valence-corrected chi connectivity index (χ3v) is 2.46. The fourth-order valence-corrected chi connectivity index (χ4v) is 1.68. The molecule has 1 heterocycles. The molecule has 0 spiro atoms. The Balaban J connectivity index is 2.26. The number of esters is 1. The van der Waals surface area contributed by atoms with Crippen molar-refractivity contribution in [3.05, 3.63) is 23.0 Å². The van der Waals surface area contributed by atoms with Crippen LogP contribution in [0, 0.1) is 6.92 Å². The van der Waals surface area contributed by atoms with Crippen LogP contribution in [0.4, 0.5) is 0 Å². The van der Waals surface area contributed by atoms with Crippen LogP contribution in [0.25, 0.3) is 0 Å². The van der Waals surface area contributed by atoms with Crippen LogP contribution < -0.4 is 0 Å². The number of hydrogen-bond donors (Lipinski definition) is 1. The van der Waals surface area contributed by atoms with E-state index in [0.717, 1.165) is 17.0 Å². The Morgan fingerprint density at radius 1 is 1.64 bits per heavy atom. The highest BCUT2D eigenvalue weighted by Gasteiger charge is 2.30. The second kappa shape index (κ2) is 3.48. The lowest BCUT2D eigenvalue weighted by molar-refractivity contribution is 0.0525. The maximum Gasteiger partial charge on any atom is 0.339 e. The van der Waals surface area contributed by atoms with E-state index in [0.29, 0.717) is 12.5 Å². The fraction of sp³-hybridized carbons (Fsp3) is 0.545. The Morgan fingerprint density at radius 3 is 2.93 bits per heavy atom. The van der Waals surface area contributed by atoms with E-state index in [9.17, 15) is 4.79 Å². The van der Waals surface area contributed by atoms with E-state index in [1.807, 2.05) is 19.9 Å². The molecule has 76 valence electrons. The van der Waals surface area contributed by atoms with Crippen LogP contribution in [0.15, 0.2) is 6.07 Å². The van der Waals surface area contributed by atoms with Crippen molar-refractivity contribution in [3.63, 3.8) is 0 Å². The topological polar surface area (TPSA) is 42.1 Å². The molecule has 1 aliphatic rings. The van der Waals surface area contributed by atoms with Crippen molar-refractivity contribution in [2.45, 2.75) is 32.6 Å². The molecule has 1 aromatic heterocycles. The lowest BCUT2D eigenvalue weighted by Crippen LogP contribution is -2.05. The zero-order valence-electron chi connectivity index (χ0n) is 8.59. The fourth-order valence-electron chi connectivity index (χ4n) is 1.68. The zero-order chi connectivity index (χ0) is 10.1. The van der Waals surface area contributed by atoms with E-state index in [1.54, 1.807) is 0 Å². The number of H-pyrrole nitrogens is 1. The Hall–Kier alpha value is -1.25. The number of carbonyl (C=O) groups excluding carboxylic acids is 1. The minimum absolute atomic E-state index is 0.196. The average Bonchev–Trinajstić information content (AvgIpc) is 2.90. The molecule has 3 nitrogen and oxygen atoms in total. The summed E-state index contributed by atoms with van der Waals surface area (Å²) in [6.07, 6.45) is 2.37.